The van der Waals surface area contributed by atoms with E-state index in [1.54, 1.807) is 0 Å². The summed E-state index contributed by atoms with van der Waals surface area (Å²) in [6.07, 6.45) is 1.15. The summed E-state index contributed by atoms with van der Waals surface area (Å²) < 4.78 is 0. The van der Waals surface area contributed by atoms with Crippen LogP contribution in [0.2, 0.25) is 0 Å². The van der Waals surface area contributed by atoms with Gasteiger partial charge in [0.15, 0.2) is 0 Å². The molecule has 1 heterocycles. The lowest BCUT2D eigenvalue weighted by molar-refractivity contribution is 0.856. The SMILES string of the molecule is CCC1=C(C)N=C(C)C1C. The van der Waals surface area contributed by atoms with Gasteiger partial charge in [0.05, 0.1) is 0 Å². The molecule has 1 heteroatoms. The second-order valence-electron chi connectivity index (χ2n) is 2.94. The quantitative estimate of drug-likeness (QED) is 0.527. The highest BCUT2D eigenvalue weighted by Gasteiger charge is 2.18. The molecule has 0 fully saturated rings. The van der Waals surface area contributed by atoms with Crippen LogP contribution >= 0.6 is 0 Å². The van der Waals surface area contributed by atoms with Gasteiger partial charge in [-0.15, -0.1) is 0 Å². The summed E-state index contributed by atoms with van der Waals surface area (Å²) >= 11 is 0. The Kier molecular flexibility index (Phi) is 1.93. The molecule has 1 rings (SSSR count). The minimum Gasteiger partial charge on any atom is -0.262 e. The summed E-state index contributed by atoms with van der Waals surface area (Å²) in [5, 5.41) is 0. The van der Waals surface area contributed by atoms with E-state index >= 15 is 0 Å². The molecule has 0 aromatic carbocycles. The Balaban J connectivity index is 2.87. The minimum atomic E-state index is 0.602. The molecule has 0 aromatic rings. The molecule has 0 saturated carbocycles. The zero-order valence-electron chi connectivity index (χ0n) is 7.23. The van der Waals surface area contributed by atoms with Crippen LogP contribution in [0.15, 0.2) is 16.3 Å². The molecule has 10 heavy (non-hydrogen) atoms. The van der Waals surface area contributed by atoms with Crippen molar-refractivity contribution in [2.24, 2.45) is 10.9 Å². The van der Waals surface area contributed by atoms with Crippen molar-refractivity contribution in [1.82, 2.24) is 0 Å². The zero-order valence-corrected chi connectivity index (χ0v) is 7.23. The van der Waals surface area contributed by atoms with E-state index in [1.807, 2.05) is 0 Å². The molecular formula is C9H15N. The summed E-state index contributed by atoms with van der Waals surface area (Å²) in [4.78, 5) is 4.42. The van der Waals surface area contributed by atoms with Gasteiger partial charge in [-0.25, -0.2) is 0 Å². The van der Waals surface area contributed by atoms with Crippen molar-refractivity contribution in [2.75, 3.05) is 0 Å². The second kappa shape index (κ2) is 2.57. The fourth-order valence-corrected chi connectivity index (χ4v) is 1.56. The molecule has 0 radical (unpaired) electrons. The van der Waals surface area contributed by atoms with E-state index < -0.39 is 0 Å². The van der Waals surface area contributed by atoms with Crippen LogP contribution in [0.5, 0.6) is 0 Å². The van der Waals surface area contributed by atoms with Crippen molar-refractivity contribution < 1.29 is 0 Å². The molecule has 0 saturated heterocycles. The largest absolute Gasteiger partial charge is 0.262 e. The number of hydrogen-bond acceptors (Lipinski definition) is 1. The lowest BCUT2D eigenvalue weighted by atomic mass is 9.96. The van der Waals surface area contributed by atoms with Crippen LogP contribution in [0.1, 0.15) is 34.1 Å². The van der Waals surface area contributed by atoms with Crippen LogP contribution in [0.25, 0.3) is 0 Å². The maximum atomic E-state index is 4.42. The van der Waals surface area contributed by atoms with Crippen LogP contribution in [0.3, 0.4) is 0 Å². The van der Waals surface area contributed by atoms with Gasteiger partial charge < -0.3 is 0 Å². The van der Waals surface area contributed by atoms with Crippen molar-refractivity contribution >= 4 is 5.71 Å². The summed E-state index contributed by atoms with van der Waals surface area (Å²) in [6.45, 7) is 8.64. The molecule has 1 aliphatic heterocycles. The first-order chi connectivity index (χ1) is 4.66. The highest BCUT2D eigenvalue weighted by Crippen LogP contribution is 2.27. The minimum absolute atomic E-state index is 0.602. The molecule has 0 bridgehead atoms. The Labute approximate surface area is 62.9 Å². The number of hydrogen-bond donors (Lipinski definition) is 0. The third-order valence-electron chi connectivity index (χ3n) is 2.34. The normalized spacial score (nSPS) is 25.6. The molecule has 0 aromatic heterocycles. The first-order valence-corrected chi connectivity index (χ1v) is 3.91. The molecule has 0 aliphatic carbocycles. The van der Waals surface area contributed by atoms with Crippen LogP contribution in [0, 0.1) is 5.92 Å². The Morgan fingerprint density at radius 2 is 2.00 bits per heavy atom. The molecule has 0 spiro atoms. The Morgan fingerprint density at radius 3 is 2.20 bits per heavy atom. The van der Waals surface area contributed by atoms with Gasteiger partial charge >= 0.3 is 0 Å². The van der Waals surface area contributed by atoms with Gasteiger partial charge in [0, 0.05) is 17.3 Å². The summed E-state index contributed by atoms with van der Waals surface area (Å²) in [5.41, 5.74) is 4.03. The fourth-order valence-electron chi connectivity index (χ4n) is 1.56. The van der Waals surface area contributed by atoms with E-state index in [-0.39, 0.29) is 0 Å². The van der Waals surface area contributed by atoms with Crippen molar-refractivity contribution in [3.8, 4) is 0 Å². The molecule has 1 unspecified atom stereocenters. The maximum absolute atomic E-state index is 4.42. The van der Waals surface area contributed by atoms with Crippen LogP contribution in [-0.2, 0) is 0 Å². The van der Waals surface area contributed by atoms with Crippen molar-refractivity contribution in [1.29, 1.82) is 0 Å². The van der Waals surface area contributed by atoms with Crippen molar-refractivity contribution in [3.05, 3.63) is 11.3 Å². The van der Waals surface area contributed by atoms with E-state index in [0.717, 1.165) is 6.42 Å². The molecule has 1 atom stereocenters. The van der Waals surface area contributed by atoms with Gasteiger partial charge in [-0.3, -0.25) is 4.99 Å². The lowest BCUT2D eigenvalue weighted by Crippen LogP contribution is -2.03. The second-order valence-corrected chi connectivity index (χ2v) is 2.94. The van der Waals surface area contributed by atoms with E-state index in [0.29, 0.717) is 5.92 Å². The first-order valence-electron chi connectivity index (χ1n) is 3.91. The van der Waals surface area contributed by atoms with Crippen LogP contribution < -0.4 is 0 Å². The topological polar surface area (TPSA) is 12.4 Å². The van der Waals surface area contributed by atoms with Gasteiger partial charge in [-0.05, 0) is 25.8 Å². The zero-order chi connectivity index (χ0) is 7.72. The van der Waals surface area contributed by atoms with Crippen LogP contribution in [0.4, 0.5) is 0 Å². The molecule has 1 aliphatic rings. The Bertz CT molecular complexity index is 199. The third kappa shape index (κ3) is 1.00. The van der Waals surface area contributed by atoms with Gasteiger partial charge in [0.1, 0.15) is 0 Å². The highest BCUT2D eigenvalue weighted by molar-refractivity contribution is 5.90. The van der Waals surface area contributed by atoms with Gasteiger partial charge in [0.25, 0.3) is 0 Å². The highest BCUT2D eigenvalue weighted by atomic mass is 14.8. The average Bonchev–Trinajstić information content (AvgIpc) is 2.09. The number of allylic oxidation sites excluding steroid dienone is 2. The Hall–Kier alpha value is -0.590. The fraction of sp³-hybridized carbons (Fsp3) is 0.667. The van der Waals surface area contributed by atoms with Gasteiger partial charge in [0.2, 0.25) is 0 Å². The standard InChI is InChI=1S/C9H15N/c1-5-9-6(2)7(3)10-8(9)4/h6H,5H2,1-4H3. The number of nitrogens with zero attached hydrogens (tertiary/aromatic N) is 1. The van der Waals surface area contributed by atoms with E-state index in [9.17, 15) is 0 Å². The number of aliphatic imine (C=N–C) groups is 1. The smallest absolute Gasteiger partial charge is 0.0370 e. The van der Waals surface area contributed by atoms with Gasteiger partial charge in [-0.1, -0.05) is 13.8 Å². The first kappa shape index (κ1) is 7.52. The molecule has 0 N–H and O–H groups in total. The van der Waals surface area contributed by atoms with Crippen molar-refractivity contribution in [3.63, 3.8) is 0 Å². The average molecular weight is 137 g/mol. The van der Waals surface area contributed by atoms with Crippen molar-refractivity contribution in [2.45, 2.75) is 34.1 Å². The lowest BCUT2D eigenvalue weighted by Gasteiger charge is -2.06. The molecule has 1 nitrogen and oxygen atoms in total. The summed E-state index contributed by atoms with van der Waals surface area (Å²) in [6, 6.07) is 0. The third-order valence-corrected chi connectivity index (χ3v) is 2.34. The Morgan fingerprint density at radius 1 is 1.40 bits per heavy atom. The van der Waals surface area contributed by atoms with E-state index in [1.165, 1.54) is 17.0 Å². The maximum Gasteiger partial charge on any atom is 0.0370 e. The summed E-state index contributed by atoms with van der Waals surface area (Å²) in [5.74, 6) is 0.602. The van der Waals surface area contributed by atoms with E-state index in [2.05, 4.69) is 32.7 Å². The summed E-state index contributed by atoms with van der Waals surface area (Å²) in [7, 11) is 0. The predicted octanol–water partition coefficient (Wildman–Crippen LogP) is 2.78. The van der Waals surface area contributed by atoms with Gasteiger partial charge in [-0.2, -0.15) is 0 Å². The monoisotopic (exact) mass is 137 g/mol. The van der Waals surface area contributed by atoms with Crippen LogP contribution in [-0.4, -0.2) is 5.71 Å². The predicted molar refractivity (Wildman–Crippen MR) is 45.3 cm³/mol. The number of rotatable bonds is 1. The molecule has 0 amide bonds. The molecular weight excluding hydrogens is 122 g/mol. The van der Waals surface area contributed by atoms with E-state index in [4.69, 9.17) is 0 Å². The molecule has 56 valence electrons.